The highest BCUT2D eigenvalue weighted by atomic mass is 32.2. The van der Waals surface area contributed by atoms with Gasteiger partial charge in [-0.3, -0.25) is 0 Å². The minimum Gasteiger partial charge on any atom is -0.346 e. The lowest BCUT2D eigenvalue weighted by atomic mass is 10.2. The first-order valence-electron chi connectivity index (χ1n) is 7.02. The van der Waals surface area contributed by atoms with Crippen LogP contribution in [0.15, 0.2) is 48.7 Å². The molecule has 0 amide bonds. The Balaban J connectivity index is 2.20. The van der Waals surface area contributed by atoms with Gasteiger partial charge in [-0.2, -0.15) is 4.31 Å². The molecule has 114 valence electrons. The van der Waals surface area contributed by atoms with Crippen LogP contribution in [-0.4, -0.2) is 29.6 Å². The highest BCUT2D eigenvalue weighted by molar-refractivity contribution is 7.88. The Morgan fingerprint density at radius 3 is 2.33 bits per heavy atom. The standard InChI is InChI=1S/C16H22N2O2S/c1-14(2)18(21(3,19)20)13-16-10-7-11-17(16)12-15-8-5-4-6-9-15/h4-11,14H,12-13H2,1-3H3. The van der Waals surface area contributed by atoms with Crippen molar-refractivity contribution in [1.29, 1.82) is 0 Å². The molecule has 0 aliphatic carbocycles. The van der Waals surface area contributed by atoms with Crippen molar-refractivity contribution in [1.82, 2.24) is 8.87 Å². The maximum absolute atomic E-state index is 11.9. The summed E-state index contributed by atoms with van der Waals surface area (Å²) in [7, 11) is -3.21. The maximum atomic E-state index is 11.9. The average molecular weight is 306 g/mol. The third-order valence-corrected chi connectivity index (χ3v) is 4.84. The van der Waals surface area contributed by atoms with Crippen LogP contribution in [0.4, 0.5) is 0 Å². The van der Waals surface area contributed by atoms with Crippen molar-refractivity contribution in [2.45, 2.75) is 33.0 Å². The number of aromatic nitrogens is 1. The van der Waals surface area contributed by atoms with Gasteiger partial charge in [-0.15, -0.1) is 0 Å². The zero-order valence-electron chi connectivity index (χ0n) is 12.7. The van der Waals surface area contributed by atoms with Crippen molar-refractivity contribution < 1.29 is 8.42 Å². The number of sulfonamides is 1. The molecule has 1 aromatic heterocycles. The quantitative estimate of drug-likeness (QED) is 0.823. The van der Waals surface area contributed by atoms with E-state index in [-0.39, 0.29) is 6.04 Å². The zero-order chi connectivity index (χ0) is 15.5. The van der Waals surface area contributed by atoms with E-state index in [0.29, 0.717) is 6.54 Å². The highest BCUT2D eigenvalue weighted by Gasteiger charge is 2.21. The number of nitrogens with zero attached hydrogens (tertiary/aromatic N) is 2. The smallest absolute Gasteiger partial charge is 0.211 e. The summed E-state index contributed by atoms with van der Waals surface area (Å²) in [5.74, 6) is 0. The summed E-state index contributed by atoms with van der Waals surface area (Å²) in [4.78, 5) is 0. The van der Waals surface area contributed by atoms with Gasteiger partial charge in [0.05, 0.1) is 12.8 Å². The number of benzene rings is 1. The van der Waals surface area contributed by atoms with E-state index in [4.69, 9.17) is 0 Å². The third-order valence-electron chi connectivity index (χ3n) is 3.44. The van der Waals surface area contributed by atoms with Crippen molar-refractivity contribution in [2.24, 2.45) is 0 Å². The minimum absolute atomic E-state index is 0.0555. The number of rotatable bonds is 6. The summed E-state index contributed by atoms with van der Waals surface area (Å²) >= 11 is 0. The third kappa shape index (κ3) is 4.19. The molecule has 5 heteroatoms. The predicted octanol–water partition coefficient (Wildman–Crippen LogP) is 2.71. The molecule has 0 saturated carbocycles. The molecule has 0 aliphatic heterocycles. The molecule has 0 spiro atoms. The molecule has 21 heavy (non-hydrogen) atoms. The van der Waals surface area contributed by atoms with E-state index in [2.05, 4.69) is 16.7 Å². The molecule has 0 radical (unpaired) electrons. The Bertz CT molecular complexity index is 675. The molecule has 0 unspecified atom stereocenters. The van der Waals surface area contributed by atoms with E-state index in [9.17, 15) is 8.42 Å². The van der Waals surface area contributed by atoms with Gasteiger partial charge in [0.2, 0.25) is 10.0 Å². The lowest BCUT2D eigenvalue weighted by molar-refractivity contribution is 0.343. The Kier molecular flexibility index (Phi) is 4.85. The van der Waals surface area contributed by atoms with Gasteiger partial charge < -0.3 is 4.57 Å². The van der Waals surface area contributed by atoms with Gasteiger partial charge in [0.15, 0.2) is 0 Å². The van der Waals surface area contributed by atoms with Crippen LogP contribution in [0.5, 0.6) is 0 Å². The molecular weight excluding hydrogens is 284 g/mol. The molecule has 1 heterocycles. The van der Waals surface area contributed by atoms with Gasteiger partial charge in [0.1, 0.15) is 0 Å². The SMILES string of the molecule is CC(C)N(Cc1cccn1Cc1ccccc1)S(C)(=O)=O. The Morgan fingerprint density at radius 1 is 1.10 bits per heavy atom. The molecule has 0 N–H and O–H groups in total. The second-order valence-corrected chi connectivity index (χ2v) is 7.45. The van der Waals surface area contributed by atoms with Gasteiger partial charge in [0, 0.05) is 24.5 Å². The van der Waals surface area contributed by atoms with Gasteiger partial charge in [-0.05, 0) is 31.5 Å². The second-order valence-electron chi connectivity index (χ2n) is 5.51. The second kappa shape index (κ2) is 6.45. The fraction of sp³-hybridized carbons (Fsp3) is 0.375. The topological polar surface area (TPSA) is 42.3 Å². The number of hydrogen-bond donors (Lipinski definition) is 0. The van der Waals surface area contributed by atoms with Crippen LogP contribution in [0.3, 0.4) is 0 Å². The van der Waals surface area contributed by atoms with Crippen molar-refractivity contribution in [3.63, 3.8) is 0 Å². The van der Waals surface area contributed by atoms with Crippen LogP contribution in [-0.2, 0) is 23.1 Å². The predicted molar refractivity (Wildman–Crippen MR) is 85.5 cm³/mol. The molecule has 4 nitrogen and oxygen atoms in total. The molecule has 0 saturated heterocycles. The molecule has 2 rings (SSSR count). The summed E-state index contributed by atoms with van der Waals surface area (Å²) in [5.41, 5.74) is 2.20. The Morgan fingerprint density at radius 2 is 1.76 bits per heavy atom. The van der Waals surface area contributed by atoms with E-state index in [0.717, 1.165) is 12.2 Å². The summed E-state index contributed by atoms with van der Waals surface area (Å²) in [6.45, 7) is 4.94. The van der Waals surface area contributed by atoms with Gasteiger partial charge >= 0.3 is 0 Å². The first kappa shape index (κ1) is 15.8. The van der Waals surface area contributed by atoms with Crippen molar-refractivity contribution in [2.75, 3.05) is 6.26 Å². The van der Waals surface area contributed by atoms with Crippen molar-refractivity contribution in [3.8, 4) is 0 Å². The van der Waals surface area contributed by atoms with E-state index in [1.54, 1.807) is 0 Å². The maximum Gasteiger partial charge on any atom is 0.211 e. The average Bonchev–Trinajstić information content (AvgIpc) is 2.82. The molecule has 0 atom stereocenters. The monoisotopic (exact) mass is 306 g/mol. The van der Waals surface area contributed by atoms with Crippen molar-refractivity contribution >= 4 is 10.0 Å². The van der Waals surface area contributed by atoms with Crippen LogP contribution < -0.4 is 0 Å². The first-order chi connectivity index (χ1) is 9.88. The summed E-state index contributed by atoms with van der Waals surface area (Å²) in [6, 6.07) is 14.0. The number of hydrogen-bond acceptors (Lipinski definition) is 2. The Hall–Kier alpha value is -1.59. The normalized spacial score (nSPS) is 12.2. The highest BCUT2D eigenvalue weighted by Crippen LogP contribution is 2.14. The van der Waals surface area contributed by atoms with E-state index < -0.39 is 10.0 Å². The van der Waals surface area contributed by atoms with Gasteiger partial charge in [-0.25, -0.2) is 8.42 Å². The van der Waals surface area contributed by atoms with Crippen molar-refractivity contribution in [3.05, 3.63) is 59.9 Å². The van der Waals surface area contributed by atoms with Gasteiger partial charge in [-0.1, -0.05) is 30.3 Å². The van der Waals surface area contributed by atoms with E-state index >= 15 is 0 Å². The van der Waals surface area contributed by atoms with Gasteiger partial charge in [0.25, 0.3) is 0 Å². The summed E-state index contributed by atoms with van der Waals surface area (Å²) in [6.07, 6.45) is 3.25. The zero-order valence-corrected chi connectivity index (χ0v) is 13.5. The molecule has 0 bridgehead atoms. The fourth-order valence-electron chi connectivity index (χ4n) is 2.37. The molecule has 1 aromatic carbocycles. The van der Waals surface area contributed by atoms with Crippen LogP contribution >= 0.6 is 0 Å². The van der Waals surface area contributed by atoms with Crippen LogP contribution in [0, 0.1) is 0 Å². The summed E-state index contributed by atoms with van der Waals surface area (Å²) in [5, 5.41) is 0. The largest absolute Gasteiger partial charge is 0.346 e. The molecule has 0 aliphatic rings. The lowest BCUT2D eigenvalue weighted by Gasteiger charge is -2.24. The Labute approximate surface area is 127 Å². The fourth-order valence-corrected chi connectivity index (χ4v) is 3.50. The summed E-state index contributed by atoms with van der Waals surface area (Å²) < 4.78 is 27.4. The lowest BCUT2D eigenvalue weighted by Crippen LogP contribution is -2.36. The van der Waals surface area contributed by atoms with Crippen LogP contribution in [0.2, 0.25) is 0 Å². The molecular formula is C16H22N2O2S. The first-order valence-corrected chi connectivity index (χ1v) is 8.87. The van der Waals surface area contributed by atoms with Crippen LogP contribution in [0.1, 0.15) is 25.1 Å². The van der Waals surface area contributed by atoms with E-state index in [1.807, 2.05) is 50.4 Å². The van der Waals surface area contributed by atoms with Crippen LogP contribution in [0.25, 0.3) is 0 Å². The van der Waals surface area contributed by atoms with E-state index in [1.165, 1.54) is 16.1 Å². The minimum atomic E-state index is -3.21. The molecule has 0 fully saturated rings. The molecule has 2 aromatic rings.